The molecule has 0 saturated carbocycles. The molecule has 0 saturated heterocycles. The molecule has 1 aliphatic rings. The Morgan fingerprint density at radius 2 is 1.90 bits per heavy atom. The fraction of sp³-hybridized carbons (Fsp3) is 0.263. The van der Waals surface area contributed by atoms with E-state index in [1.807, 2.05) is 0 Å². The van der Waals surface area contributed by atoms with Crippen LogP contribution in [0.4, 0.5) is 13.2 Å². The third kappa shape index (κ3) is 4.48. The van der Waals surface area contributed by atoms with Crippen molar-refractivity contribution in [3.05, 3.63) is 65.5 Å². The van der Waals surface area contributed by atoms with Crippen LogP contribution in [-0.4, -0.2) is 43.9 Å². The predicted octanol–water partition coefficient (Wildman–Crippen LogP) is 3.37. The van der Waals surface area contributed by atoms with E-state index in [-0.39, 0.29) is 18.8 Å². The van der Waals surface area contributed by atoms with Crippen molar-refractivity contribution in [2.24, 2.45) is 0 Å². The fourth-order valence-electron chi connectivity index (χ4n) is 2.92. The maximum absolute atomic E-state index is 12.9. The maximum Gasteiger partial charge on any atom is 0.416 e. The molecule has 0 aliphatic carbocycles. The zero-order valence-electron chi connectivity index (χ0n) is 15.3. The van der Waals surface area contributed by atoms with Crippen molar-refractivity contribution in [1.29, 1.82) is 0 Å². The van der Waals surface area contributed by atoms with E-state index in [9.17, 15) is 26.4 Å². The zero-order chi connectivity index (χ0) is 21.2. The fourth-order valence-corrected chi connectivity index (χ4v) is 4.34. The molecule has 0 spiro atoms. The van der Waals surface area contributed by atoms with Crippen LogP contribution in [0.25, 0.3) is 5.57 Å². The quantitative estimate of drug-likeness (QED) is 0.701. The number of rotatable bonds is 4. The molecule has 3 rings (SSSR count). The molecule has 10 heteroatoms. The van der Waals surface area contributed by atoms with Crippen molar-refractivity contribution in [2.75, 3.05) is 20.2 Å². The first-order valence-electron chi connectivity index (χ1n) is 8.55. The summed E-state index contributed by atoms with van der Waals surface area (Å²) in [5.74, 6) is -0.586. The number of pyridine rings is 1. The Labute approximate surface area is 165 Å². The van der Waals surface area contributed by atoms with Crippen LogP contribution in [0, 0.1) is 0 Å². The molecule has 0 unspecified atom stereocenters. The van der Waals surface area contributed by atoms with Gasteiger partial charge in [-0.2, -0.15) is 17.5 Å². The molecule has 0 fully saturated rings. The lowest BCUT2D eigenvalue weighted by molar-refractivity contribution is -0.137. The highest BCUT2D eigenvalue weighted by Crippen LogP contribution is 2.32. The van der Waals surface area contributed by atoms with Gasteiger partial charge in [-0.1, -0.05) is 18.2 Å². The highest BCUT2D eigenvalue weighted by Gasteiger charge is 2.33. The van der Waals surface area contributed by atoms with Crippen molar-refractivity contribution in [2.45, 2.75) is 17.5 Å². The van der Waals surface area contributed by atoms with Crippen LogP contribution in [-0.2, 0) is 20.9 Å². The van der Waals surface area contributed by atoms with E-state index < -0.39 is 32.6 Å². The second-order valence-electron chi connectivity index (χ2n) is 6.27. The summed E-state index contributed by atoms with van der Waals surface area (Å²) in [4.78, 5) is 15.4. The third-order valence-corrected chi connectivity index (χ3v) is 6.30. The van der Waals surface area contributed by atoms with Gasteiger partial charge in [0.15, 0.2) is 0 Å². The maximum atomic E-state index is 12.9. The van der Waals surface area contributed by atoms with Crippen LogP contribution in [0.2, 0.25) is 0 Å². The summed E-state index contributed by atoms with van der Waals surface area (Å²) in [7, 11) is -2.84. The van der Waals surface area contributed by atoms with Crippen molar-refractivity contribution in [3.8, 4) is 0 Å². The molecule has 1 aromatic carbocycles. The summed E-state index contributed by atoms with van der Waals surface area (Å²) in [5, 5.41) is 0. The number of alkyl halides is 3. The Balaban J connectivity index is 1.83. The molecular formula is C19H17F3N2O4S. The molecule has 6 nitrogen and oxygen atoms in total. The smallest absolute Gasteiger partial charge is 0.416 e. The number of nitrogens with zero attached hydrogens (tertiary/aromatic N) is 2. The van der Waals surface area contributed by atoms with Gasteiger partial charge in [-0.3, -0.25) is 0 Å². The van der Waals surface area contributed by atoms with Gasteiger partial charge in [-0.15, -0.1) is 0 Å². The summed E-state index contributed by atoms with van der Waals surface area (Å²) in [5.41, 5.74) is 0.371. The molecule has 2 heterocycles. The first-order chi connectivity index (χ1) is 13.6. The van der Waals surface area contributed by atoms with Crippen molar-refractivity contribution in [3.63, 3.8) is 0 Å². The Bertz CT molecular complexity index is 1070. The van der Waals surface area contributed by atoms with Crippen LogP contribution in [0.3, 0.4) is 0 Å². The number of halogens is 3. The van der Waals surface area contributed by atoms with Crippen LogP contribution in [0.15, 0.2) is 53.4 Å². The minimum Gasteiger partial charge on any atom is -0.464 e. The molecular weight excluding hydrogens is 409 g/mol. The number of carbonyl (C=O) groups is 1. The topological polar surface area (TPSA) is 76.6 Å². The number of esters is 1. The van der Waals surface area contributed by atoms with Crippen LogP contribution in [0.5, 0.6) is 0 Å². The number of methoxy groups -OCH3 is 1. The minimum absolute atomic E-state index is 0.0158. The van der Waals surface area contributed by atoms with Crippen LogP contribution in [0.1, 0.15) is 28.2 Å². The van der Waals surface area contributed by atoms with Gasteiger partial charge < -0.3 is 4.74 Å². The Morgan fingerprint density at radius 1 is 1.17 bits per heavy atom. The van der Waals surface area contributed by atoms with E-state index >= 15 is 0 Å². The van der Waals surface area contributed by atoms with E-state index in [4.69, 9.17) is 0 Å². The molecule has 0 N–H and O–H groups in total. The second-order valence-corrected chi connectivity index (χ2v) is 8.21. The number of hydrogen-bond donors (Lipinski definition) is 0. The summed E-state index contributed by atoms with van der Waals surface area (Å²) in [6.45, 7) is 0.0621. The van der Waals surface area contributed by atoms with E-state index in [1.54, 1.807) is 18.2 Å². The monoisotopic (exact) mass is 426 g/mol. The first-order valence-corrected chi connectivity index (χ1v) is 9.99. The molecule has 29 heavy (non-hydrogen) atoms. The number of ether oxygens (including phenoxy) is 1. The molecule has 154 valence electrons. The van der Waals surface area contributed by atoms with Gasteiger partial charge >= 0.3 is 12.1 Å². The first kappa shape index (κ1) is 21.0. The van der Waals surface area contributed by atoms with Gasteiger partial charge in [-0.05, 0) is 42.3 Å². The van der Waals surface area contributed by atoms with Crippen LogP contribution < -0.4 is 0 Å². The third-order valence-electron chi connectivity index (χ3n) is 4.44. The predicted molar refractivity (Wildman–Crippen MR) is 98.4 cm³/mol. The lowest BCUT2D eigenvalue weighted by atomic mass is 10.1. The van der Waals surface area contributed by atoms with Crippen molar-refractivity contribution < 1.29 is 31.1 Å². The number of carbonyl (C=O) groups excluding carboxylic acids is 1. The normalized spacial score (nSPS) is 15.7. The Hall–Kier alpha value is -2.72. The second kappa shape index (κ2) is 7.96. The molecule has 0 bridgehead atoms. The van der Waals surface area contributed by atoms with Crippen LogP contribution >= 0.6 is 0 Å². The average molecular weight is 426 g/mol. The standard InChI is InChI=1S/C19H17F3N2O4S/c1-28-18(25)17-7-3-6-16(23-17)13-8-10-24(11-9-13)29(26,27)15-5-2-4-14(12-15)19(20,21)22/h2-8,12H,9-11H2,1H3. The van der Waals surface area contributed by atoms with Gasteiger partial charge in [0.05, 0.1) is 23.3 Å². The van der Waals surface area contributed by atoms with Gasteiger partial charge in [-0.25, -0.2) is 18.2 Å². The number of benzene rings is 1. The average Bonchev–Trinajstić information content (AvgIpc) is 2.73. The highest BCUT2D eigenvalue weighted by molar-refractivity contribution is 7.89. The largest absolute Gasteiger partial charge is 0.464 e. The lowest BCUT2D eigenvalue weighted by Gasteiger charge is -2.26. The van der Waals surface area contributed by atoms with E-state index in [0.29, 0.717) is 18.2 Å². The SMILES string of the molecule is COC(=O)c1cccc(C2=CCN(S(=O)(=O)c3cccc(C(F)(F)F)c3)CC2)n1. The highest BCUT2D eigenvalue weighted by atomic mass is 32.2. The van der Waals surface area contributed by atoms with Gasteiger partial charge in [0.2, 0.25) is 10.0 Å². The molecule has 2 aromatic rings. The molecule has 1 aliphatic heterocycles. The molecule has 1 aromatic heterocycles. The van der Waals surface area contributed by atoms with E-state index in [2.05, 4.69) is 9.72 Å². The number of aromatic nitrogens is 1. The number of hydrogen-bond acceptors (Lipinski definition) is 5. The minimum atomic E-state index is -4.63. The summed E-state index contributed by atoms with van der Waals surface area (Å²) >= 11 is 0. The summed E-state index contributed by atoms with van der Waals surface area (Å²) in [6.07, 6.45) is -2.69. The Kier molecular flexibility index (Phi) is 5.76. The van der Waals surface area contributed by atoms with Gasteiger partial charge in [0.25, 0.3) is 0 Å². The van der Waals surface area contributed by atoms with E-state index in [1.165, 1.54) is 13.2 Å². The lowest BCUT2D eigenvalue weighted by Crippen LogP contribution is -2.35. The van der Waals surface area contributed by atoms with Crippen molar-refractivity contribution in [1.82, 2.24) is 9.29 Å². The summed E-state index contributed by atoms with van der Waals surface area (Å²) < 4.78 is 69.9. The number of sulfonamides is 1. The van der Waals surface area contributed by atoms with E-state index in [0.717, 1.165) is 28.1 Å². The molecule has 0 atom stereocenters. The Morgan fingerprint density at radius 3 is 2.52 bits per heavy atom. The molecule has 0 radical (unpaired) electrons. The molecule has 0 amide bonds. The summed E-state index contributed by atoms with van der Waals surface area (Å²) in [6, 6.07) is 8.51. The van der Waals surface area contributed by atoms with Gasteiger partial charge in [0, 0.05) is 13.1 Å². The van der Waals surface area contributed by atoms with Gasteiger partial charge in [0.1, 0.15) is 5.69 Å². The zero-order valence-corrected chi connectivity index (χ0v) is 16.1. The van der Waals surface area contributed by atoms with Crippen molar-refractivity contribution >= 4 is 21.6 Å².